The highest BCUT2D eigenvalue weighted by Crippen LogP contribution is 2.34. The molecule has 0 fully saturated rings. The van der Waals surface area contributed by atoms with E-state index in [1.165, 1.54) is 19.1 Å². The molecule has 0 N–H and O–H groups in total. The largest absolute Gasteiger partial charge is 0.497 e. The number of aromatic nitrogens is 5. The lowest BCUT2D eigenvalue weighted by Crippen LogP contribution is -2.18. The fourth-order valence-electron chi connectivity index (χ4n) is 3.22. The average Bonchev–Trinajstić information content (AvgIpc) is 3.47. The van der Waals surface area contributed by atoms with Crippen molar-refractivity contribution in [2.45, 2.75) is 13.1 Å². The minimum atomic E-state index is -4.81. The first-order valence-corrected chi connectivity index (χ1v) is 9.81. The van der Waals surface area contributed by atoms with Gasteiger partial charge in [0.25, 0.3) is 0 Å². The number of carbonyl (C=O) groups excluding carboxylic acids is 1. The van der Waals surface area contributed by atoms with Crippen LogP contribution in [0.3, 0.4) is 0 Å². The number of methoxy groups -OCH3 is 1. The molecule has 0 bridgehead atoms. The zero-order valence-corrected chi connectivity index (χ0v) is 17.6. The van der Waals surface area contributed by atoms with Crippen molar-refractivity contribution in [2.75, 3.05) is 13.7 Å². The van der Waals surface area contributed by atoms with Crippen molar-refractivity contribution in [3.8, 4) is 28.4 Å². The molecule has 2 aromatic heterocycles. The molecule has 4 rings (SSSR count). The summed E-state index contributed by atoms with van der Waals surface area (Å²) in [6.07, 6.45) is -2.26. The Balaban J connectivity index is 1.65. The summed E-state index contributed by atoms with van der Waals surface area (Å²) < 4.78 is 53.2. The van der Waals surface area contributed by atoms with Crippen molar-refractivity contribution < 1.29 is 27.4 Å². The summed E-state index contributed by atoms with van der Waals surface area (Å²) in [7, 11) is 1.56. The van der Waals surface area contributed by atoms with Crippen LogP contribution in [-0.2, 0) is 10.9 Å². The van der Waals surface area contributed by atoms with Crippen LogP contribution in [0.15, 0.2) is 60.9 Å². The average molecular weight is 457 g/mol. The van der Waals surface area contributed by atoms with Gasteiger partial charge in [0.15, 0.2) is 5.69 Å². The SMILES string of the molecule is CCOC(=O)c1cnn(-c2ccc(-c3cn(-c4cccc(OC)c4)nn3)cc2)c1C(F)(F)F. The van der Waals surface area contributed by atoms with E-state index in [1.54, 1.807) is 42.3 Å². The summed E-state index contributed by atoms with van der Waals surface area (Å²) in [6, 6.07) is 13.4. The second kappa shape index (κ2) is 8.77. The molecule has 0 atom stereocenters. The molecule has 0 aliphatic rings. The molecule has 0 aliphatic heterocycles. The summed E-state index contributed by atoms with van der Waals surface area (Å²) in [4.78, 5) is 12.0. The lowest BCUT2D eigenvalue weighted by molar-refractivity contribution is -0.143. The molecule has 2 aromatic carbocycles. The molecule has 0 amide bonds. The smallest absolute Gasteiger partial charge is 0.434 e. The maximum absolute atomic E-state index is 13.7. The molecule has 0 radical (unpaired) electrons. The van der Waals surface area contributed by atoms with Gasteiger partial charge in [-0.1, -0.05) is 23.4 Å². The molecule has 33 heavy (non-hydrogen) atoms. The van der Waals surface area contributed by atoms with Gasteiger partial charge >= 0.3 is 12.1 Å². The summed E-state index contributed by atoms with van der Waals surface area (Å²) in [5, 5.41) is 12.0. The van der Waals surface area contributed by atoms with E-state index in [4.69, 9.17) is 9.47 Å². The Morgan fingerprint density at radius 2 is 1.85 bits per heavy atom. The molecule has 0 saturated heterocycles. The van der Waals surface area contributed by atoms with Crippen LogP contribution in [0, 0.1) is 0 Å². The Labute approximate surface area is 186 Å². The van der Waals surface area contributed by atoms with Gasteiger partial charge < -0.3 is 9.47 Å². The maximum atomic E-state index is 13.7. The molecule has 11 heteroatoms. The van der Waals surface area contributed by atoms with Crippen molar-refractivity contribution in [2.24, 2.45) is 0 Å². The highest BCUT2D eigenvalue weighted by molar-refractivity contribution is 5.90. The van der Waals surface area contributed by atoms with E-state index in [0.29, 0.717) is 21.7 Å². The fraction of sp³-hybridized carbons (Fsp3) is 0.182. The maximum Gasteiger partial charge on any atom is 0.434 e. The van der Waals surface area contributed by atoms with Crippen molar-refractivity contribution in [3.63, 3.8) is 0 Å². The molecule has 2 heterocycles. The monoisotopic (exact) mass is 457 g/mol. The molecular weight excluding hydrogens is 439 g/mol. The first kappa shape index (κ1) is 22.1. The van der Waals surface area contributed by atoms with E-state index >= 15 is 0 Å². The van der Waals surface area contributed by atoms with Crippen LogP contribution in [0.25, 0.3) is 22.6 Å². The molecule has 0 aliphatic carbocycles. The second-order valence-corrected chi connectivity index (χ2v) is 6.83. The van der Waals surface area contributed by atoms with E-state index in [0.717, 1.165) is 11.9 Å². The number of hydrogen-bond acceptors (Lipinski definition) is 6. The highest BCUT2D eigenvalue weighted by atomic mass is 19.4. The predicted molar refractivity (Wildman–Crippen MR) is 111 cm³/mol. The number of carbonyl (C=O) groups is 1. The van der Waals surface area contributed by atoms with Crippen molar-refractivity contribution in [1.29, 1.82) is 0 Å². The topological polar surface area (TPSA) is 84.1 Å². The Morgan fingerprint density at radius 3 is 2.52 bits per heavy atom. The van der Waals surface area contributed by atoms with E-state index in [9.17, 15) is 18.0 Å². The summed E-state index contributed by atoms with van der Waals surface area (Å²) >= 11 is 0. The van der Waals surface area contributed by atoms with Crippen LogP contribution < -0.4 is 4.74 Å². The first-order chi connectivity index (χ1) is 15.8. The quantitative estimate of drug-likeness (QED) is 0.401. The van der Waals surface area contributed by atoms with Gasteiger partial charge in [0, 0.05) is 11.6 Å². The number of alkyl halides is 3. The van der Waals surface area contributed by atoms with Gasteiger partial charge in [-0.2, -0.15) is 18.3 Å². The zero-order valence-electron chi connectivity index (χ0n) is 17.6. The number of nitrogens with zero attached hydrogens (tertiary/aromatic N) is 5. The number of halogens is 3. The van der Waals surface area contributed by atoms with Crippen LogP contribution in [0.2, 0.25) is 0 Å². The van der Waals surface area contributed by atoms with Crippen molar-refractivity contribution >= 4 is 5.97 Å². The van der Waals surface area contributed by atoms with Gasteiger partial charge in [-0.15, -0.1) is 5.10 Å². The minimum absolute atomic E-state index is 0.0492. The second-order valence-electron chi connectivity index (χ2n) is 6.83. The van der Waals surface area contributed by atoms with Gasteiger partial charge in [0.2, 0.25) is 0 Å². The summed E-state index contributed by atoms with van der Waals surface area (Å²) in [6.45, 7) is 1.46. The molecule has 4 aromatic rings. The fourth-order valence-corrected chi connectivity index (χ4v) is 3.22. The van der Waals surface area contributed by atoms with Gasteiger partial charge in [-0.3, -0.25) is 0 Å². The van der Waals surface area contributed by atoms with Crippen LogP contribution in [0.1, 0.15) is 23.0 Å². The number of hydrogen-bond donors (Lipinski definition) is 0. The normalized spacial score (nSPS) is 11.4. The third-order valence-corrected chi connectivity index (χ3v) is 4.75. The Hall–Kier alpha value is -4.15. The molecule has 170 valence electrons. The minimum Gasteiger partial charge on any atom is -0.497 e. The highest BCUT2D eigenvalue weighted by Gasteiger charge is 2.41. The van der Waals surface area contributed by atoms with Crippen molar-refractivity contribution in [3.05, 3.63) is 72.2 Å². The lowest BCUT2D eigenvalue weighted by atomic mass is 10.1. The molecular formula is C22H18F3N5O3. The van der Waals surface area contributed by atoms with E-state index < -0.39 is 23.4 Å². The summed E-state index contributed by atoms with van der Waals surface area (Å²) in [5.74, 6) is -0.419. The first-order valence-electron chi connectivity index (χ1n) is 9.81. The number of ether oxygens (including phenoxy) is 2. The predicted octanol–water partition coefficient (Wildman–Crippen LogP) is 4.32. The lowest BCUT2D eigenvalue weighted by Gasteiger charge is -2.12. The molecule has 8 nitrogen and oxygen atoms in total. The standard InChI is InChI=1S/C22H18F3N5O3/c1-3-33-21(31)18-12-26-30(20(18)22(23,24)25)15-9-7-14(8-10-15)19-13-29(28-27-19)16-5-4-6-17(11-16)32-2/h4-13H,3H2,1-2H3. The zero-order chi connectivity index (χ0) is 23.6. The molecule has 0 unspecified atom stereocenters. The van der Waals surface area contributed by atoms with E-state index in [1.807, 2.05) is 12.1 Å². The van der Waals surface area contributed by atoms with Gasteiger partial charge in [-0.05, 0) is 31.2 Å². The van der Waals surface area contributed by atoms with Crippen LogP contribution in [0.5, 0.6) is 5.75 Å². The van der Waals surface area contributed by atoms with Crippen LogP contribution in [0.4, 0.5) is 13.2 Å². The third-order valence-electron chi connectivity index (χ3n) is 4.75. The van der Waals surface area contributed by atoms with Gasteiger partial charge in [0.1, 0.15) is 17.0 Å². The molecule has 0 spiro atoms. The third kappa shape index (κ3) is 4.43. The Bertz CT molecular complexity index is 1280. The van der Waals surface area contributed by atoms with E-state index in [2.05, 4.69) is 15.4 Å². The molecule has 0 saturated carbocycles. The van der Waals surface area contributed by atoms with Crippen LogP contribution in [-0.4, -0.2) is 44.5 Å². The van der Waals surface area contributed by atoms with Gasteiger partial charge in [-0.25, -0.2) is 14.2 Å². The number of benzene rings is 2. The Kier molecular flexibility index (Phi) is 5.86. The number of rotatable bonds is 6. The van der Waals surface area contributed by atoms with Crippen molar-refractivity contribution in [1.82, 2.24) is 24.8 Å². The van der Waals surface area contributed by atoms with E-state index in [-0.39, 0.29) is 12.3 Å². The summed E-state index contributed by atoms with van der Waals surface area (Å²) in [5.41, 5.74) is 0.184. The van der Waals surface area contributed by atoms with Gasteiger partial charge in [0.05, 0.1) is 37.5 Å². The number of esters is 1. The van der Waals surface area contributed by atoms with Crippen LogP contribution >= 0.6 is 0 Å². The Morgan fingerprint density at radius 1 is 1.09 bits per heavy atom.